The van der Waals surface area contributed by atoms with E-state index in [1.165, 1.54) is 11.1 Å². The number of aromatic nitrogens is 2. The lowest BCUT2D eigenvalue weighted by Gasteiger charge is -2.00. The topological polar surface area (TPSA) is 64.9 Å². The first kappa shape index (κ1) is 9.54. The lowest BCUT2D eigenvalue weighted by atomic mass is 10.1. The summed E-state index contributed by atoms with van der Waals surface area (Å²) < 4.78 is 5.04. The minimum absolute atomic E-state index is 0.312. The quantitative estimate of drug-likeness (QED) is 0.822. The molecule has 1 aromatic carbocycles. The van der Waals surface area contributed by atoms with Crippen LogP contribution in [-0.4, -0.2) is 10.1 Å². The van der Waals surface area contributed by atoms with Crippen LogP contribution in [0.2, 0.25) is 0 Å². The Kier molecular flexibility index (Phi) is 2.22. The Labute approximate surface area is 93.5 Å². The zero-order valence-electron chi connectivity index (χ0n) is 8.89. The molecule has 16 heavy (non-hydrogen) atoms. The first-order chi connectivity index (χ1) is 7.86. The van der Waals surface area contributed by atoms with Crippen molar-refractivity contribution in [1.82, 2.24) is 10.1 Å². The minimum atomic E-state index is 0.312. The average molecular weight is 215 g/mol. The standard InChI is InChI=1S/C12H13N3O/c13-7-11-14-12(15-16-11)10-5-8-3-1-2-4-9(8)6-10/h1-4,10H,5-7,13H2. The zero-order chi connectivity index (χ0) is 11.0. The molecule has 0 bridgehead atoms. The molecule has 1 heterocycles. The van der Waals surface area contributed by atoms with Crippen molar-refractivity contribution < 1.29 is 4.52 Å². The average Bonchev–Trinajstić information content (AvgIpc) is 2.95. The fourth-order valence-corrected chi connectivity index (χ4v) is 2.26. The number of hydrogen-bond donors (Lipinski definition) is 1. The Morgan fingerprint density at radius 1 is 1.25 bits per heavy atom. The van der Waals surface area contributed by atoms with Crippen LogP contribution >= 0.6 is 0 Å². The van der Waals surface area contributed by atoms with E-state index in [9.17, 15) is 0 Å². The summed E-state index contributed by atoms with van der Waals surface area (Å²) >= 11 is 0. The van der Waals surface area contributed by atoms with Crippen molar-refractivity contribution >= 4 is 0 Å². The highest BCUT2D eigenvalue weighted by Crippen LogP contribution is 2.32. The van der Waals surface area contributed by atoms with E-state index in [-0.39, 0.29) is 0 Å². The van der Waals surface area contributed by atoms with Gasteiger partial charge in [0.25, 0.3) is 0 Å². The van der Waals surface area contributed by atoms with E-state index in [2.05, 4.69) is 34.4 Å². The molecule has 1 aliphatic rings. The highest BCUT2D eigenvalue weighted by Gasteiger charge is 2.26. The van der Waals surface area contributed by atoms with Crippen LogP contribution in [-0.2, 0) is 19.4 Å². The highest BCUT2D eigenvalue weighted by molar-refractivity contribution is 5.34. The van der Waals surface area contributed by atoms with Crippen molar-refractivity contribution in [2.75, 3.05) is 0 Å². The van der Waals surface area contributed by atoms with E-state index in [1.54, 1.807) is 0 Å². The molecule has 0 radical (unpaired) electrons. The monoisotopic (exact) mass is 215 g/mol. The molecule has 0 fully saturated rings. The normalized spacial score (nSPS) is 15.3. The number of fused-ring (bicyclic) bond motifs is 1. The molecule has 82 valence electrons. The second kappa shape index (κ2) is 3.72. The fourth-order valence-electron chi connectivity index (χ4n) is 2.26. The van der Waals surface area contributed by atoms with Gasteiger partial charge in [-0.2, -0.15) is 4.98 Å². The van der Waals surface area contributed by atoms with Gasteiger partial charge in [0, 0.05) is 5.92 Å². The number of nitrogens with zero attached hydrogens (tertiary/aromatic N) is 2. The largest absolute Gasteiger partial charge is 0.338 e. The number of nitrogens with two attached hydrogens (primary N) is 1. The second-order valence-corrected chi connectivity index (χ2v) is 4.12. The van der Waals surface area contributed by atoms with Crippen molar-refractivity contribution in [2.45, 2.75) is 25.3 Å². The molecule has 3 rings (SSSR count). The van der Waals surface area contributed by atoms with Gasteiger partial charge >= 0.3 is 0 Å². The molecule has 0 saturated heterocycles. The SMILES string of the molecule is NCc1nc(C2Cc3ccccc3C2)no1. The molecule has 4 nitrogen and oxygen atoms in total. The third-order valence-corrected chi connectivity index (χ3v) is 3.07. The predicted octanol–water partition coefficient (Wildman–Crippen LogP) is 1.41. The number of rotatable bonds is 2. The van der Waals surface area contributed by atoms with Gasteiger partial charge in [-0.25, -0.2) is 0 Å². The first-order valence-corrected chi connectivity index (χ1v) is 5.46. The van der Waals surface area contributed by atoms with Crippen LogP contribution in [0.15, 0.2) is 28.8 Å². The third-order valence-electron chi connectivity index (χ3n) is 3.07. The molecule has 0 atom stereocenters. The van der Waals surface area contributed by atoms with Crippen LogP contribution in [0.3, 0.4) is 0 Å². The maximum atomic E-state index is 5.45. The summed E-state index contributed by atoms with van der Waals surface area (Å²) in [5.74, 6) is 1.66. The van der Waals surface area contributed by atoms with E-state index >= 15 is 0 Å². The summed E-state index contributed by atoms with van der Waals surface area (Å²) in [6.07, 6.45) is 2.00. The van der Waals surface area contributed by atoms with E-state index in [0.29, 0.717) is 18.4 Å². The molecular weight excluding hydrogens is 202 g/mol. The summed E-state index contributed by atoms with van der Waals surface area (Å²) in [6.45, 7) is 0.312. The third kappa shape index (κ3) is 1.51. The molecule has 0 amide bonds. The van der Waals surface area contributed by atoms with Gasteiger partial charge in [0.15, 0.2) is 5.82 Å². The van der Waals surface area contributed by atoms with E-state index in [0.717, 1.165) is 18.7 Å². The van der Waals surface area contributed by atoms with Crippen LogP contribution in [0.1, 0.15) is 28.8 Å². The molecule has 1 aliphatic carbocycles. The Balaban J connectivity index is 1.85. The molecule has 0 saturated carbocycles. The summed E-state index contributed by atoms with van der Waals surface area (Å²) in [7, 11) is 0. The van der Waals surface area contributed by atoms with Crippen LogP contribution in [0, 0.1) is 0 Å². The zero-order valence-corrected chi connectivity index (χ0v) is 8.89. The Hall–Kier alpha value is -1.68. The van der Waals surface area contributed by atoms with Gasteiger partial charge in [0.05, 0.1) is 6.54 Å². The second-order valence-electron chi connectivity index (χ2n) is 4.12. The summed E-state index contributed by atoms with van der Waals surface area (Å²) in [6, 6.07) is 8.48. The molecule has 2 aromatic rings. The molecule has 2 N–H and O–H groups in total. The molecule has 4 heteroatoms. The van der Waals surface area contributed by atoms with Gasteiger partial charge in [-0.1, -0.05) is 29.4 Å². The van der Waals surface area contributed by atoms with E-state index in [1.807, 2.05) is 0 Å². The Morgan fingerprint density at radius 2 is 1.94 bits per heavy atom. The maximum absolute atomic E-state index is 5.45. The van der Waals surface area contributed by atoms with Crippen LogP contribution < -0.4 is 5.73 Å². The Morgan fingerprint density at radius 3 is 2.50 bits per heavy atom. The first-order valence-electron chi connectivity index (χ1n) is 5.46. The van der Waals surface area contributed by atoms with Crippen LogP contribution in [0.25, 0.3) is 0 Å². The lowest BCUT2D eigenvalue weighted by molar-refractivity contribution is 0.371. The predicted molar refractivity (Wildman–Crippen MR) is 58.8 cm³/mol. The van der Waals surface area contributed by atoms with Crippen LogP contribution in [0.5, 0.6) is 0 Å². The van der Waals surface area contributed by atoms with Crippen molar-refractivity contribution in [2.24, 2.45) is 5.73 Å². The number of benzene rings is 1. The molecule has 0 aliphatic heterocycles. The summed E-state index contributed by atoms with van der Waals surface area (Å²) in [4.78, 5) is 4.29. The Bertz CT molecular complexity index is 481. The van der Waals surface area contributed by atoms with Crippen molar-refractivity contribution in [3.63, 3.8) is 0 Å². The maximum Gasteiger partial charge on any atom is 0.240 e. The van der Waals surface area contributed by atoms with Crippen LogP contribution in [0.4, 0.5) is 0 Å². The van der Waals surface area contributed by atoms with Crippen molar-refractivity contribution in [3.8, 4) is 0 Å². The van der Waals surface area contributed by atoms with Gasteiger partial charge in [-0.15, -0.1) is 0 Å². The minimum Gasteiger partial charge on any atom is -0.338 e. The van der Waals surface area contributed by atoms with Crippen molar-refractivity contribution in [1.29, 1.82) is 0 Å². The number of hydrogen-bond acceptors (Lipinski definition) is 4. The summed E-state index contributed by atoms with van der Waals surface area (Å²) in [5, 5.41) is 3.99. The molecular formula is C12H13N3O. The highest BCUT2D eigenvalue weighted by atomic mass is 16.5. The van der Waals surface area contributed by atoms with Gasteiger partial charge in [-0.05, 0) is 24.0 Å². The van der Waals surface area contributed by atoms with Gasteiger partial charge < -0.3 is 10.3 Å². The van der Waals surface area contributed by atoms with E-state index in [4.69, 9.17) is 10.3 Å². The summed E-state index contributed by atoms with van der Waals surface area (Å²) in [5.41, 5.74) is 8.24. The van der Waals surface area contributed by atoms with Gasteiger partial charge in [-0.3, -0.25) is 0 Å². The van der Waals surface area contributed by atoms with Gasteiger partial charge in [0.2, 0.25) is 5.89 Å². The molecule has 0 unspecified atom stereocenters. The fraction of sp³-hybridized carbons (Fsp3) is 0.333. The lowest BCUT2D eigenvalue weighted by Crippen LogP contribution is -2.02. The molecule has 0 spiro atoms. The van der Waals surface area contributed by atoms with E-state index < -0.39 is 0 Å². The van der Waals surface area contributed by atoms with Gasteiger partial charge in [0.1, 0.15) is 0 Å². The smallest absolute Gasteiger partial charge is 0.240 e. The molecule has 1 aromatic heterocycles. The van der Waals surface area contributed by atoms with Crippen molar-refractivity contribution in [3.05, 3.63) is 47.1 Å².